The SMILES string of the molecule is O=S(=O)(Nc1cc(-c2c(F)cccc2F)ccc1NS(=O)(=O)c1ccc(Cl)s1)c1cccc(C(F)(F)F)c1. The summed E-state index contributed by atoms with van der Waals surface area (Å²) in [6.45, 7) is 0. The van der Waals surface area contributed by atoms with E-state index in [1.807, 2.05) is 4.72 Å². The molecule has 38 heavy (non-hydrogen) atoms. The van der Waals surface area contributed by atoms with Crippen molar-refractivity contribution in [2.24, 2.45) is 0 Å². The van der Waals surface area contributed by atoms with E-state index in [0.29, 0.717) is 23.5 Å². The molecular weight excluding hydrogens is 595 g/mol. The Morgan fingerprint density at radius 3 is 1.97 bits per heavy atom. The number of rotatable bonds is 7. The van der Waals surface area contributed by atoms with Gasteiger partial charge in [0.15, 0.2) is 0 Å². The Bertz CT molecular complexity index is 1720. The van der Waals surface area contributed by atoms with E-state index in [0.717, 1.165) is 48.5 Å². The van der Waals surface area contributed by atoms with Crippen LogP contribution in [0.3, 0.4) is 0 Å². The molecule has 15 heteroatoms. The van der Waals surface area contributed by atoms with E-state index in [4.69, 9.17) is 11.6 Å². The molecule has 0 saturated carbocycles. The third-order valence-corrected chi connectivity index (χ3v) is 9.50. The van der Waals surface area contributed by atoms with Crippen LogP contribution in [0.5, 0.6) is 0 Å². The van der Waals surface area contributed by atoms with Gasteiger partial charge in [0.25, 0.3) is 20.0 Å². The molecule has 0 aliphatic heterocycles. The number of benzene rings is 3. The molecule has 0 saturated heterocycles. The summed E-state index contributed by atoms with van der Waals surface area (Å²) in [5.74, 6) is -1.98. The molecule has 0 spiro atoms. The number of hydrogen-bond acceptors (Lipinski definition) is 5. The topological polar surface area (TPSA) is 92.3 Å². The molecule has 0 aliphatic carbocycles. The fourth-order valence-corrected chi connectivity index (χ4v) is 7.01. The smallest absolute Gasteiger partial charge is 0.277 e. The van der Waals surface area contributed by atoms with Gasteiger partial charge < -0.3 is 0 Å². The van der Waals surface area contributed by atoms with Gasteiger partial charge in [0, 0.05) is 0 Å². The average molecular weight is 609 g/mol. The summed E-state index contributed by atoms with van der Waals surface area (Å²) in [7, 11) is -9.05. The fourth-order valence-electron chi connectivity index (χ4n) is 3.33. The number of anilines is 2. The third-order valence-electron chi connectivity index (χ3n) is 5.04. The molecule has 0 atom stereocenters. The van der Waals surface area contributed by atoms with E-state index < -0.39 is 59.6 Å². The van der Waals surface area contributed by atoms with Gasteiger partial charge in [0.2, 0.25) is 0 Å². The summed E-state index contributed by atoms with van der Waals surface area (Å²) in [4.78, 5) is -0.784. The predicted octanol–water partition coefficient (Wildman–Crippen LogP) is 6.97. The molecule has 0 bridgehead atoms. The molecule has 0 radical (unpaired) electrons. The molecule has 6 nitrogen and oxygen atoms in total. The zero-order valence-electron chi connectivity index (χ0n) is 18.6. The highest BCUT2D eigenvalue weighted by molar-refractivity contribution is 7.94. The summed E-state index contributed by atoms with van der Waals surface area (Å²) < 4.78 is 124. The summed E-state index contributed by atoms with van der Waals surface area (Å²) in [5, 5.41) is 0. The van der Waals surface area contributed by atoms with Gasteiger partial charge in [0.05, 0.1) is 31.7 Å². The highest BCUT2D eigenvalue weighted by Crippen LogP contribution is 2.36. The molecule has 0 amide bonds. The lowest BCUT2D eigenvalue weighted by Crippen LogP contribution is -2.18. The maximum absolute atomic E-state index is 14.4. The van der Waals surface area contributed by atoms with Gasteiger partial charge in [-0.3, -0.25) is 9.44 Å². The van der Waals surface area contributed by atoms with E-state index in [9.17, 15) is 38.8 Å². The van der Waals surface area contributed by atoms with Gasteiger partial charge in [-0.25, -0.2) is 25.6 Å². The lowest BCUT2D eigenvalue weighted by atomic mass is 10.0. The monoisotopic (exact) mass is 608 g/mol. The first kappa shape index (κ1) is 27.8. The van der Waals surface area contributed by atoms with Crippen molar-refractivity contribution in [3.8, 4) is 11.1 Å². The zero-order valence-corrected chi connectivity index (χ0v) is 21.8. The Labute approximate surface area is 222 Å². The Balaban J connectivity index is 1.83. The lowest BCUT2D eigenvalue weighted by Gasteiger charge is -2.17. The van der Waals surface area contributed by atoms with E-state index in [1.54, 1.807) is 0 Å². The van der Waals surface area contributed by atoms with Crippen molar-refractivity contribution >= 4 is 54.4 Å². The summed E-state index contributed by atoms with van der Waals surface area (Å²) in [6.07, 6.45) is -4.84. The first-order valence-electron chi connectivity index (χ1n) is 10.2. The molecule has 0 fully saturated rings. The summed E-state index contributed by atoms with van der Waals surface area (Å²) in [6, 6.07) is 11.5. The van der Waals surface area contributed by atoms with Gasteiger partial charge >= 0.3 is 6.18 Å². The normalized spacial score (nSPS) is 12.4. The van der Waals surface area contributed by atoms with Crippen molar-refractivity contribution in [1.82, 2.24) is 0 Å². The van der Waals surface area contributed by atoms with Crippen molar-refractivity contribution in [2.75, 3.05) is 9.44 Å². The standard InChI is InChI=1S/C23H14ClF5N2O4S3/c24-20-9-10-21(36-20)38(34,35)30-18-8-7-13(22-16(25)5-2-6-17(22)26)11-19(18)31-37(32,33)15-4-1-3-14(12-15)23(27,28)29/h1-12,30-31H. The van der Waals surface area contributed by atoms with Crippen LogP contribution in [0.4, 0.5) is 33.3 Å². The third kappa shape index (κ3) is 5.93. The number of alkyl halides is 3. The molecule has 200 valence electrons. The van der Waals surface area contributed by atoms with Crippen LogP contribution in [0.15, 0.2) is 81.9 Å². The Hall–Kier alpha value is -3.20. The van der Waals surface area contributed by atoms with Crippen molar-refractivity contribution in [2.45, 2.75) is 15.3 Å². The second kappa shape index (κ2) is 10.2. The van der Waals surface area contributed by atoms with Crippen LogP contribution in [0.25, 0.3) is 11.1 Å². The quantitative estimate of drug-likeness (QED) is 0.222. The first-order chi connectivity index (χ1) is 17.7. The lowest BCUT2D eigenvalue weighted by molar-refractivity contribution is -0.137. The maximum atomic E-state index is 14.4. The molecule has 0 aliphatic rings. The van der Waals surface area contributed by atoms with Crippen molar-refractivity contribution in [3.63, 3.8) is 0 Å². The molecule has 2 N–H and O–H groups in total. The van der Waals surface area contributed by atoms with Crippen LogP contribution in [0.1, 0.15) is 5.56 Å². The second-order valence-corrected chi connectivity index (χ2v) is 13.0. The van der Waals surface area contributed by atoms with Crippen molar-refractivity contribution in [3.05, 3.63) is 94.3 Å². The maximum Gasteiger partial charge on any atom is 0.416 e. The fraction of sp³-hybridized carbons (Fsp3) is 0.0435. The highest BCUT2D eigenvalue weighted by atomic mass is 35.5. The number of halogens is 6. The molecule has 1 heterocycles. The molecule has 1 aromatic heterocycles. The number of thiophene rings is 1. The summed E-state index contributed by atoms with van der Waals surface area (Å²) >= 11 is 6.51. The molecule has 4 aromatic rings. The van der Waals surface area contributed by atoms with Gasteiger partial charge in [-0.05, 0) is 60.2 Å². The van der Waals surface area contributed by atoms with Gasteiger partial charge in [-0.15, -0.1) is 11.3 Å². The van der Waals surface area contributed by atoms with Crippen LogP contribution in [0, 0.1) is 11.6 Å². The van der Waals surface area contributed by atoms with Crippen LogP contribution in [-0.2, 0) is 26.2 Å². The molecular formula is C23H14ClF5N2O4S3. The minimum absolute atomic E-state index is 0.154. The molecule has 0 unspecified atom stereocenters. The van der Waals surface area contributed by atoms with E-state index in [2.05, 4.69) is 4.72 Å². The first-order valence-corrected chi connectivity index (χ1v) is 14.4. The van der Waals surface area contributed by atoms with E-state index in [1.165, 1.54) is 12.1 Å². The van der Waals surface area contributed by atoms with Gasteiger partial charge in [-0.1, -0.05) is 29.8 Å². The van der Waals surface area contributed by atoms with Gasteiger partial charge in [-0.2, -0.15) is 13.2 Å². The van der Waals surface area contributed by atoms with Crippen molar-refractivity contribution in [1.29, 1.82) is 0 Å². The molecule has 4 rings (SSSR count). The van der Waals surface area contributed by atoms with E-state index in [-0.39, 0.29) is 19.8 Å². The predicted molar refractivity (Wildman–Crippen MR) is 134 cm³/mol. The number of sulfonamides is 2. The van der Waals surface area contributed by atoms with E-state index >= 15 is 0 Å². The van der Waals surface area contributed by atoms with Crippen molar-refractivity contribution < 1.29 is 38.8 Å². The molecule has 3 aromatic carbocycles. The highest BCUT2D eigenvalue weighted by Gasteiger charge is 2.32. The average Bonchev–Trinajstić information content (AvgIpc) is 3.27. The Morgan fingerprint density at radius 2 is 1.37 bits per heavy atom. The van der Waals surface area contributed by atoms with Crippen LogP contribution in [0.2, 0.25) is 4.34 Å². The zero-order chi connectivity index (χ0) is 27.9. The van der Waals surface area contributed by atoms with Crippen LogP contribution < -0.4 is 9.44 Å². The van der Waals surface area contributed by atoms with Crippen LogP contribution >= 0.6 is 22.9 Å². The minimum atomic E-state index is -4.84. The number of hydrogen-bond donors (Lipinski definition) is 2. The Morgan fingerprint density at radius 1 is 0.737 bits per heavy atom. The van der Waals surface area contributed by atoms with Crippen LogP contribution in [-0.4, -0.2) is 16.8 Å². The summed E-state index contributed by atoms with van der Waals surface area (Å²) in [5.41, 5.74) is -2.83. The van der Waals surface area contributed by atoms with Gasteiger partial charge in [0.1, 0.15) is 15.8 Å². The second-order valence-electron chi connectivity index (χ2n) is 7.65. The minimum Gasteiger partial charge on any atom is -0.277 e. The largest absolute Gasteiger partial charge is 0.416 e. The number of nitrogens with one attached hydrogen (secondary N) is 2. The Kier molecular flexibility index (Phi) is 7.45.